The van der Waals surface area contributed by atoms with Crippen LogP contribution >= 0.6 is 0 Å². The fourth-order valence-electron chi connectivity index (χ4n) is 3.10. The molecule has 7 heteroatoms. The summed E-state index contributed by atoms with van der Waals surface area (Å²) in [4.78, 5) is 39.2. The molecule has 0 aliphatic carbocycles. The van der Waals surface area contributed by atoms with Gasteiger partial charge in [-0.3, -0.25) is 19.3 Å². The summed E-state index contributed by atoms with van der Waals surface area (Å²) in [5.41, 5.74) is 0.783. The second-order valence-corrected chi connectivity index (χ2v) is 7.25. The van der Waals surface area contributed by atoms with Gasteiger partial charge in [-0.2, -0.15) is 0 Å². The molecule has 2 amide bonds. The molecule has 0 radical (unpaired) electrons. The van der Waals surface area contributed by atoms with E-state index in [0.29, 0.717) is 22.7 Å². The van der Waals surface area contributed by atoms with Gasteiger partial charge >= 0.3 is 0 Å². The molecule has 0 saturated heterocycles. The number of fused-ring (bicyclic) bond motifs is 1. The number of ether oxygens (including phenoxy) is 2. The predicted octanol–water partition coefficient (Wildman–Crippen LogP) is 2.98. The van der Waals surface area contributed by atoms with Crippen LogP contribution in [0.1, 0.15) is 37.6 Å². The first-order valence-corrected chi connectivity index (χ1v) is 10.0. The molecule has 158 valence electrons. The Bertz CT molecular complexity index is 928. The minimum Gasteiger partial charge on any atom is -0.485 e. The molecule has 0 saturated carbocycles. The number of nitrogens with zero attached hydrogens (tertiary/aromatic N) is 1. The zero-order valence-corrected chi connectivity index (χ0v) is 17.4. The molecule has 2 atom stereocenters. The smallest absolute Gasteiger partial charge is 0.265 e. The Balaban J connectivity index is 1.80. The van der Waals surface area contributed by atoms with Gasteiger partial charge in [-0.05, 0) is 50.6 Å². The fraction of sp³-hybridized carbons (Fsp3) is 0.348. The van der Waals surface area contributed by atoms with Crippen molar-refractivity contribution in [3.8, 4) is 11.5 Å². The van der Waals surface area contributed by atoms with Crippen molar-refractivity contribution in [3.05, 3.63) is 54.1 Å². The minimum atomic E-state index is -0.736. The molecule has 0 bridgehead atoms. The first-order chi connectivity index (χ1) is 14.4. The van der Waals surface area contributed by atoms with E-state index in [1.54, 1.807) is 37.3 Å². The molecule has 2 unspecified atom stereocenters. The highest BCUT2D eigenvalue weighted by molar-refractivity contribution is 6.05. The lowest BCUT2D eigenvalue weighted by molar-refractivity contribution is -0.127. The van der Waals surface area contributed by atoms with E-state index in [0.717, 1.165) is 6.42 Å². The highest BCUT2D eigenvalue weighted by atomic mass is 16.5. The van der Waals surface area contributed by atoms with Crippen LogP contribution in [0.15, 0.2) is 48.5 Å². The van der Waals surface area contributed by atoms with Crippen LogP contribution in [0.3, 0.4) is 0 Å². The predicted molar refractivity (Wildman–Crippen MR) is 113 cm³/mol. The van der Waals surface area contributed by atoms with Crippen LogP contribution in [0.4, 0.5) is 5.69 Å². The number of carbonyl (C=O) groups is 3. The minimum absolute atomic E-state index is 0.00129. The summed E-state index contributed by atoms with van der Waals surface area (Å²) in [7, 11) is 0. The lowest BCUT2D eigenvalue weighted by atomic mass is 10.1. The molecule has 7 nitrogen and oxygen atoms in total. The number of rotatable bonds is 8. The first kappa shape index (κ1) is 21.4. The second kappa shape index (κ2) is 9.43. The maximum Gasteiger partial charge on any atom is 0.265 e. The van der Waals surface area contributed by atoms with E-state index in [4.69, 9.17) is 9.47 Å². The van der Waals surface area contributed by atoms with Gasteiger partial charge in [0.25, 0.3) is 5.91 Å². The molecule has 0 fully saturated rings. The average molecular weight is 410 g/mol. The van der Waals surface area contributed by atoms with Crippen molar-refractivity contribution >= 4 is 23.3 Å². The molecule has 1 N–H and O–H groups in total. The highest BCUT2D eigenvalue weighted by Gasteiger charge is 2.34. The summed E-state index contributed by atoms with van der Waals surface area (Å²) >= 11 is 0. The Morgan fingerprint density at radius 1 is 1.17 bits per heavy atom. The number of ketones is 1. The Morgan fingerprint density at radius 3 is 2.60 bits per heavy atom. The molecular formula is C23H26N2O5. The number of hydrogen-bond donors (Lipinski definition) is 1. The quantitative estimate of drug-likeness (QED) is 0.677. The van der Waals surface area contributed by atoms with Gasteiger partial charge in [0.1, 0.15) is 17.5 Å². The molecule has 0 spiro atoms. The fourth-order valence-corrected chi connectivity index (χ4v) is 3.10. The van der Waals surface area contributed by atoms with Crippen molar-refractivity contribution in [2.45, 2.75) is 39.3 Å². The third kappa shape index (κ3) is 4.79. The van der Waals surface area contributed by atoms with E-state index in [9.17, 15) is 14.4 Å². The number of nitrogens with one attached hydrogen (secondary N) is 1. The van der Waals surface area contributed by atoms with Gasteiger partial charge < -0.3 is 14.8 Å². The summed E-state index contributed by atoms with van der Waals surface area (Å²) in [5, 5.41) is 2.89. The monoisotopic (exact) mass is 410 g/mol. The molecule has 1 aliphatic heterocycles. The number of Topliss-reactive ketones (excluding diaryl/α,β-unsaturated/α-hetero) is 1. The number of amides is 2. The summed E-state index contributed by atoms with van der Waals surface area (Å²) in [6.45, 7) is 5.25. The van der Waals surface area contributed by atoms with Crippen LogP contribution < -0.4 is 19.7 Å². The van der Waals surface area contributed by atoms with E-state index in [2.05, 4.69) is 5.32 Å². The van der Waals surface area contributed by atoms with Gasteiger partial charge in [-0.15, -0.1) is 0 Å². The topological polar surface area (TPSA) is 84.9 Å². The van der Waals surface area contributed by atoms with Gasteiger partial charge in [0.05, 0.1) is 5.69 Å². The Morgan fingerprint density at radius 2 is 1.90 bits per heavy atom. The van der Waals surface area contributed by atoms with Gasteiger partial charge in [-0.25, -0.2) is 0 Å². The SMILES string of the molecule is CCC(C)NC(=O)C(C)N1C(=O)COc2ccc(C(=O)COc3ccccc3)cc21. The molecule has 2 aromatic carbocycles. The Kier molecular flexibility index (Phi) is 6.72. The molecule has 2 aromatic rings. The zero-order valence-electron chi connectivity index (χ0n) is 17.4. The third-order valence-corrected chi connectivity index (χ3v) is 5.04. The van der Waals surface area contributed by atoms with Gasteiger partial charge in [0.15, 0.2) is 19.0 Å². The zero-order chi connectivity index (χ0) is 21.7. The normalized spacial score (nSPS) is 14.9. The molecular weight excluding hydrogens is 384 g/mol. The number of anilines is 1. The lowest BCUT2D eigenvalue weighted by Crippen LogP contribution is -2.52. The van der Waals surface area contributed by atoms with E-state index in [-0.39, 0.29) is 36.9 Å². The average Bonchev–Trinajstić information content (AvgIpc) is 2.77. The summed E-state index contributed by atoms with van der Waals surface area (Å²) in [5.74, 6) is 0.225. The summed E-state index contributed by atoms with van der Waals surface area (Å²) < 4.78 is 11.0. The molecule has 1 heterocycles. The van der Waals surface area contributed by atoms with Crippen LogP contribution in [0, 0.1) is 0 Å². The van der Waals surface area contributed by atoms with Crippen LogP contribution in [-0.2, 0) is 9.59 Å². The molecule has 30 heavy (non-hydrogen) atoms. The van der Waals surface area contributed by atoms with Crippen LogP contribution in [0.25, 0.3) is 0 Å². The molecule has 0 aromatic heterocycles. The van der Waals surface area contributed by atoms with Gasteiger partial charge in [0.2, 0.25) is 5.91 Å². The first-order valence-electron chi connectivity index (χ1n) is 10.0. The number of benzene rings is 2. The van der Waals surface area contributed by atoms with E-state index in [1.165, 1.54) is 4.90 Å². The van der Waals surface area contributed by atoms with Crippen LogP contribution in [0.5, 0.6) is 11.5 Å². The Hall–Kier alpha value is -3.35. The lowest BCUT2D eigenvalue weighted by Gasteiger charge is -2.34. The third-order valence-electron chi connectivity index (χ3n) is 5.04. The summed E-state index contributed by atoms with van der Waals surface area (Å²) in [6.07, 6.45) is 0.784. The largest absolute Gasteiger partial charge is 0.485 e. The standard InChI is InChI=1S/C23H26N2O5/c1-4-15(2)24-23(28)16(3)25-19-12-17(10-11-21(19)30-14-22(25)27)20(26)13-29-18-8-6-5-7-9-18/h5-12,15-16H,4,13-14H2,1-3H3,(H,24,28). The molecule has 1 aliphatic rings. The van der Waals surface area contributed by atoms with E-state index in [1.807, 2.05) is 32.0 Å². The number of carbonyl (C=O) groups excluding carboxylic acids is 3. The van der Waals surface area contributed by atoms with Crippen LogP contribution in [-0.4, -0.2) is 42.9 Å². The number of hydrogen-bond acceptors (Lipinski definition) is 5. The second-order valence-electron chi connectivity index (χ2n) is 7.25. The van der Waals surface area contributed by atoms with Crippen molar-refractivity contribution in [2.75, 3.05) is 18.1 Å². The van der Waals surface area contributed by atoms with Crippen molar-refractivity contribution in [2.24, 2.45) is 0 Å². The van der Waals surface area contributed by atoms with Gasteiger partial charge in [0, 0.05) is 11.6 Å². The van der Waals surface area contributed by atoms with Gasteiger partial charge in [-0.1, -0.05) is 25.1 Å². The Labute approximate surface area is 176 Å². The van der Waals surface area contributed by atoms with Crippen LogP contribution in [0.2, 0.25) is 0 Å². The van der Waals surface area contributed by atoms with E-state index >= 15 is 0 Å². The van der Waals surface area contributed by atoms with Crippen molar-refractivity contribution < 1.29 is 23.9 Å². The highest BCUT2D eigenvalue weighted by Crippen LogP contribution is 2.34. The summed E-state index contributed by atoms with van der Waals surface area (Å²) in [6, 6.07) is 13.2. The maximum absolute atomic E-state index is 12.6. The maximum atomic E-state index is 12.6. The number of para-hydroxylation sites is 1. The van der Waals surface area contributed by atoms with Crippen molar-refractivity contribution in [1.82, 2.24) is 5.32 Å². The van der Waals surface area contributed by atoms with Crippen molar-refractivity contribution in [3.63, 3.8) is 0 Å². The van der Waals surface area contributed by atoms with E-state index < -0.39 is 6.04 Å². The van der Waals surface area contributed by atoms with Crippen molar-refractivity contribution in [1.29, 1.82) is 0 Å². The molecule has 3 rings (SSSR count).